The highest BCUT2D eigenvalue weighted by atomic mass is 16.5. The molecule has 1 amide bonds. The number of terminal acetylenes is 1. The third-order valence-corrected chi connectivity index (χ3v) is 4.84. The van der Waals surface area contributed by atoms with Gasteiger partial charge in [0.05, 0.1) is 6.04 Å². The van der Waals surface area contributed by atoms with Gasteiger partial charge in [-0.05, 0) is 58.3 Å². The summed E-state index contributed by atoms with van der Waals surface area (Å²) in [7, 11) is 0. The van der Waals surface area contributed by atoms with E-state index in [2.05, 4.69) is 66.8 Å². The van der Waals surface area contributed by atoms with Crippen LogP contribution >= 0.6 is 0 Å². The third kappa shape index (κ3) is 23.9. The summed E-state index contributed by atoms with van der Waals surface area (Å²) in [6.07, 6.45) is 34.4. The minimum absolute atomic E-state index is 0.0123. The van der Waals surface area contributed by atoms with E-state index in [1.54, 1.807) is 0 Å². The Morgan fingerprint density at radius 2 is 1.42 bits per heavy atom. The molecule has 4 heteroatoms. The van der Waals surface area contributed by atoms with Gasteiger partial charge in [-0.3, -0.25) is 9.59 Å². The number of rotatable bonds is 20. The molecule has 0 rings (SSSR count). The number of nitrogens with one attached hydrogen (secondary N) is 1. The number of esters is 1. The lowest BCUT2D eigenvalue weighted by Crippen LogP contribution is -2.36. The number of carbonyl (C=O) groups is 2. The van der Waals surface area contributed by atoms with Crippen LogP contribution in [0.15, 0.2) is 48.6 Å². The fourth-order valence-corrected chi connectivity index (χ4v) is 2.95. The lowest BCUT2D eigenvalue weighted by Gasteiger charge is -2.14. The highest BCUT2D eigenvalue weighted by Gasteiger charge is 2.09. The van der Waals surface area contributed by atoms with E-state index in [1.807, 2.05) is 6.92 Å². The molecule has 1 N–H and O–H groups in total. The molecule has 0 aromatic heterocycles. The van der Waals surface area contributed by atoms with E-state index in [1.165, 1.54) is 25.7 Å². The number of hydrogen-bond donors (Lipinski definition) is 1. The molecule has 0 saturated carbocycles. The van der Waals surface area contributed by atoms with Crippen LogP contribution in [0.1, 0.15) is 97.3 Å². The molecule has 4 nitrogen and oxygen atoms in total. The van der Waals surface area contributed by atoms with Gasteiger partial charge in [0, 0.05) is 19.3 Å². The van der Waals surface area contributed by atoms with Crippen molar-refractivity contribution in [2.45, 2.75) is 103 Å². The predicted octanol–water partition coefficient (Wildman–Crippen LogP) is 6.98. The van der Waals surface area contributed by atoms with Gasteiger partial charge in [0.15, 0.2) is 0 Å². The fourth-order valence-electron chi connectivity index (χ4n) is 2.95. The van der Waals surface area contributed by atoms with E-state index < -0.39 is 0 Å². The molecular formula is C29H45NO3. The average Bonchev–Trinajstić information content (AvgIpc) is 2.80. The van der Waals surface area contributed by atoms with Crippen molar-refractivity contribution in [3.05, 3.63) is 48.6 Å². The maximum absolute atomic E-state index is 11.9. The second-order valence-electron chi connectivity index (χ2n) is 8.19. The molecule has 0 aliphatic rings. The maximum Gasteiger partial charge on any atom is 0.305 e. The van der Waals surface area contributed by atoms with E-state index in [0.29, 0.717) is 25.7 Å². The first-order valence-electron chi connectivity index (χ1n) is 12.6. The minimum Gasteiger partial charge on any atom is -0.464 e. The number of carbonyl (C=O) groups excluding carboxylic acids is 2. The van der Waals surface area contributed by atoms with Crippen molar-refractivity contribution in [2.75, 3.05) is 6.61 Å². The minimum atomic E-state index is -0.271. The molecule has 184 valence electrons. The monoisotopic (exact) mass is 455 g/mol. The first-order chi connectivity index (χ1) is 16.1. The van der Waals surface area contributed by atoms with Crippen LogP contribution in [0.5, 0.6) is 0 Å². The lowest BCUT2D eigenvalue weighted by atomic mass is 10.2. The Bertz CT molecular complexity index is 652. The van der Waals surface area contributed by atoms with Crippen LogP contribution in [0.2, 0.25) is 0 Å². The zero-order chi connectivity index (χ0) is 24.4. The van der Waals surface area contributed by atoms with Crippen LogP contribution in [-0.4, -0.2) is 24.5 Å². The van der Waals surface area contributed by atoms with Crippen molar-refractivity contribution < 1.29 is 14.3 Å². The van der Waals surface area contributed by atoms with Crippen LogP contribution < -0.4 is 5.32 Å². The number of unbranched alkanes of at least 4 members (excludes halogenated alkanes) is 5. The Labute approximate surface area is 202 Å². The molecule has 0 aromatic rings. The van der Waals surface area contributed by atoms with E-state index >= 15 is 0 Å². The Hall–Kier alpha value is -2.54. The van der Waals surface area contributed by atoms with Crippen molar-refractivity contribution in [1.82, 2.24) is 5.32 Å². The van der Waals surface area contributed by atoms with Gasteiger partial charge in [-0.1, -0.05) is 68.4 Å². The molecule has 33 heavy (non-hydrogen) atoms. The molecule has 0 bridgehead atoms. The molecule has 0 fully saturated rings. The maximum atomic E-state index is 11.9. The first-order valence-corrected chi connectivity index (χ1v) is 12.6. The molecule has 0 aliphatic heterocycles. The Balaban J connectivity index is 3.64. The number of ether oxygens (including phenoxy) is 1. The molecule has 1 atom stereocenters. The zero-order valence-electron chi connectivity index (χ0n) is 20.9. The largest absolute Gasteiger partial charge is 0.464 e. The van der Waals surface area contributed by atoms with Gasteiger partial charge in [-0.25, -0.2) is 0 Å². The quantitative estimate of drug-likeness (QED) is 0.0932. The summed E-state index contributed by atoms with van der Waals surface area (Å²) < 4.78 is 5.14. The van der Waals surface area contributed by atoms with Crippen LogP contribution in [-0.2, 0) is 14.3 Å². The molecule has 0 aliphatic carbocycles. The van der Waals surface area contributed by atoms with Gasteiger partial charge in [-0.2, -0.15) is 0 Å². The summed E-state index contributed by atoms with van der Waals surface area (Å²) in [5.74, 6) is 2.21. The van der Waals surface area contributed by atoms with Crippen molar-refractivity contribution in [3.8, 4) is 12.3 Å². The summed E-state index contributed by atoms with van der Waals surface area (Å²) in [6, 6.07) is -0.189. The summed E-state index contributed by atoms with van der Waals surface area (Å²) in [4.78, 5) is 23.5. The van der Waals surface area contributed by atoms with Crippen LogP contribution in [0.3, 0.4) is 0 Å². The molecule has 0 unspecified atom stereocenters. The van der Waals surface area contributed by atoms with Crippen molar-refractivity contribution in [2.24, 2.45) is 0 Å². The van der Waals surface area contributed by atoms with Crippen molar-refractivity contribution in [1.29, 1.82) is 0 Å². The highest BCUT2D eigenvalue weighted by molar-refractivity contribution is 5.76. The highest BCUT2D eigenvalue weighted by Crippen LogP contribution is 2.02. The van der Waals surface area contributed by atoms with Gasteiger partial charge in [0.25, 0.3) is 0 Å². The van der Waals surface area contributed by atoms with Gasteiger partial charge in [0.2, 0.25) is 5.91 Å². The normalized spacial score (nSPS) is 12.6. The standard InChI is InChI=1S/C29H45NO3/c1-4-6-8-9-10-11-12-13-14-15-16-17-18-19-20-21-23-24-28(31)30-27(3)26-33-29(32)25-22-7-5-2/h2,10-11,13-14,16-17,19-20,27H,4,6-9,12,15,18,21-26H2,1,3H3,(H,30,31)/b11-10-,14-13-,17-16-,20-19-/t27-/m1/s1. The zero-order valence-corrected chi connectivity index (χ0v) is 20.9. The smallest absolute Gasteiger partial charge is 0.305 e. The van der Waals surface area contributed by atoms with Crippen molar-refractivity contribution >= 4 is 11.9 Å². The average molecular weight is 456 g/mol. The van der Waals surface area contributed by atoms with Gasteiger partial charge >= 0.3 is 5.97 Å². The van der Waals surface area contributed by atoms with Crippen LogP contribution in [0.4, 0.5) is 0 Å². The van der Waals surface area contributed by atoms with E-state index in [0.717, 1.165) is 32.1 Å². The van der Waals surface area contributed by atoms with E-state index in [4.69, 9.17) is 11.2 Å². The van der Waals surface area contributed by atoms with Gasteiger partial charge < -0.3 is 10.1 Å². The first kappa shape index (κ1) is 30.5. The van der Waals surface area contributed by atoms with Crippen molar-refractivity contribution in [3.63, 3.8) is 0 Å². The number of amides is 1. The third-order valence-electron chi connectivity index (χ3n) is 4.84. The van der Waals surface area contributed by atoms with Crippen LogP contribution in [0.25, 0.3) is 0 Å². The topological polar surface area (TPSA) is 55.4 Å². The SMILES string of the molecule is C#CCCCC(=O)OC[C@@H](C)NC(=O)CCC/C=C\C/C=C\C/C=C\C/C=C\CCCCC. The van der Waals surface area contributed by atoms with Gasteiger partial charge in [-0.15, -0.1) is 12.3 Å². The molecular weight excluding hydrogens is 410 g/mol. The second kappa shape index (κ2) is 24.1. The summed E-state index contributed by atoms with van der Waals surface area (Å²) in [6.45, 7) is 4.26. The molecule has 0 aromatic carbocycles. The Morgan fingerprint density at radius 1 is 0.848 bits per heavy atom. The molecule has 0 radical (unpaired) electrons. The molecule has 0 saturated heterocycles. The van der Waals surface area contributed by atoms with Crippen LogP contribution in [0, 0.1) is 12.3 Å². The Kier molecular flexibility index (Phi) is 22.3. The molecule has 0 heterocycles. The number of hydrogen-bond acceptors (Lipinski definition) is 3. The Morgan fingerprint density at radius 3 is 2.00 bits per heavy atom. The summed E-state index contributed by atoms with van der Waals surface area (Å²) >= 11 is 0. The number of allylic oxidation sites excluding steroid dienone is 8. The lowest BCUT2D eigenvalue weighted by molar-refractivity contribution is -0.145. The summed E-state index contributed by atoms with van der Waals surface area (Å²) in [5.41, 5.74) is 0. The van der Waals surface area contributed by atoms with E-state index in [9.17, 15) is 9.59 Å². The fraction of sp³-hybridized carbons (Fsp3) is 0.586. The van der Waals surface area contributed by atoms with Gasteiger partial charge in [0.1, 0.15) is 6.61 Å². The predicted molar refractivity (Wildman–Crippen MR) is 140 cm³/mol. The van der Waals surface area contributed by atoms with E-state index in [-0.39, 0.29) is 24.5 Å². The molecule has 0 spiro atoms. The second-order valence-corrected chi connectivity index (χ2v) is 8.19. The summed E-state index contributed by atoms with van der Waals surface area (Å²) in [5, 5.41) is 2.86.